The summed E-state index contributed by atoms with van der Waals surface area (Å²) in [5.74, 6) is 2.44. The molecule has 1 aromatic carbocycles. The van der Waals surface area contributed by atoms with Gasteiger partial charge >= 0.3 is 0 Å². The van der Waals surface area contributed by atoms with Crippen molar-refractivity contribution in [1.82, 2.24) is 10.1 Å². The molecule has 1 fully saturated rings. The fourth-order valence-corrected chi connectivity index (χ4v) is 2.57. The molecule has 1 atom stereocenters. The maximum absolute atomic E-state index is 5.56. The van der Waals surface area contributed by atoms with Crippen LogP contribution < -0.4 is 0 Å². The summed E-state index contributed by atoms with van der Waals surface area (Å²) in [5.41, 5.74) is 1.78. The number of furan rings is 1. The predicted octanol–water partition coefficient (Wildman–Crippen LogP) is 3.30. The van der Waals surface area contributed by atoms with E-state index in [0.29, 0.717) is 12.5 Å². The maximum Gasteiger partial charge on any atom is 0.257 e. The second kappa shape index (κ2) is 4.45. The van der Waals surface area contributed by atoms with Gasteiger partial charge in [0, 0.05) is 23.5 Å². The first-order valence-electron chi connectivity index (χ1n) is 6.71. The Kier molecular flexibility index (Phi) is 2.60. The molecule has 2 aromatic heterocycles. The summed E-state index contributed by atoms with van der Waals surface area (Å²) in [6, 6.07) is 7.88. The molecule has 1 saturated heterocycles. The van der Waals surface area contributed by atoms with Gasteiger partial charge in [0.25, 0.3) is 5.89 Å². The van der Waals surface area contributed by atoms with Gasteiger partial charge in [-0.25, -0.2) is 0 Å². The molecule has 0 saturated carbocycles. The Morgan fingerprint density at radius 3 is 3.05 bits per heavy atom. The minimum absolute atomic E-state index is 0.257. The Bertz CT molecular complexity index is 753. The largest absolute Gasteiger partial charge is 0.461 e. The molecule has 0 N–H and O–H groups in total. The Balaban J connectivity index is 1.71. The molecule has 3 heterocycles. The van der Waals surface area contributed by atoms with Gasteiger partial charge < -0.3 is 13.7 Å². The van der Waals surface area contributed by atoms with Crippen LogP contribution in [0.2, 0.25) is 0 Å². The Morgan fingerprint density at radius 1 is 1.25 bits per heavy atom. The van der Waals surface area contributed by atoms with E-state index in [1.165, 1.54) is 0 Å². The third-order valence-corrected chi connectivity index (χ3v) is 3.62. The number of hydrogen-bond donors (Lipinski definition) is 0. The van der Waals surface area contributed by atoms with Gasteiger partial charge in [0.1, 0.15) is 11.3 Å². The molecule has 0 bridgehead atoms. The molecule has 0 unspecified atom stereocenters. The highest BCUT2D eigenvalue weighted by Gasteiger charge is 2.23. The van der Waals surface area contributed by atoms with Crippen molar-refractivity contribution in [2.45, 2.75) is 19.3 Å². The minimum Gasteiger partial charge on any atom is -0.461 e. The summed E-state index contributed by atoms with van der Waals surface area (Å²) < 4.78 is 16.3. The molecule has 0 amide bonds. The van der Waals surface area contributed by atoms with E-state index in [9.17, 15) is 0 Å². The van der Waals surface area contributed by atoms with Crippen molar-refractivity contribution >= 4 is 11.0 Å². The van der Waals surface area contributed by atoms with E-state index in [4.69, 9.17) is 13.7 Å². The second-order valence-electron chi connectivity index (χ2n) is 5.13. The van der Waals surface area contributed by atoms with Crippen LogP contribution in [0.4, 0.5) is 0 Å². The normalized spacial score (nSPS) is 18.9. The zero-order chi connectivity index (χ0) is 13.5. The van der Waals surface area contributed by atoms with Crippen LogP contribution in [-0.2, 0) is 4.74 Å². The SMILES string of the molecule is Cc1cc2cc(-c3nc([C@@H]4CCOC4)no3)ccc2o1. The minimum atomic E-state index is 0.257. The number of hydrogen-bond acceptors (Lipinski definition) is 5. The number of aromatic nitrogens is 2. The lowest BCUT2D eigenvalue weighted by Gasteiger charge is -1.97. The molecular weight excluding hydrogens is 256 g/mol. The summed E-state index contributed by atoms with van der Waals surface area (Å²) in [6.45, 7) is 3.39. The standard InChI is InChI=1S/C15H14N2O3/c1-9-6-12-7-10(2-3-13(12)19-9)15-16-14(17-20-15)11-4-5-18-8-11/h2-3,6-7,11H,4-5,8H2,1H3/t11-/m1/s1. The lowest BCUT2D eigenvalue weighted by atomic mass is 10.1. The van der Waals surface area contributed by atoms with Crippen molar-refractivity contribution in [2.75, 3.05) is 13.2 Å². The molecule has 0 aliphatic carbocycles. The monoisotopic (exact) mass is 270 g/mol. The molecule has 1 aliphatic heterocycles. The van der Waals surface area contributed by atoms with Gasteiger partial charge in [-0.1, -0.05) is 5.16 Å². The topological polar surface area (TPSA) is 61.3 Å². The molecule has 1 aliphatic rings. The third-order valence-electron chi connectivity index (χ3n) is 3.62. The first-order valence-corrected chi connectivity index (χ1v) is 6.71. The molecule has 3 aromatic rings. The van der Waals surface area contributed by atoms with Crippen LogP contribution >= 0.6 is 0 Å². The fraction of sp³-hybridized carbons (Fsp3) is 0.333. The van der Waals surface area contributed by atoms with Gasteiger partial charge in [-0.05, 0) is 37.6 Å². The van der Waals surface area contributed by atoms with Crippen LogP contribution in [0.5, 0.6) is 0 Å². The third kappa shape index (κ3) is 1.91. The zero-order valence-corrected chi connectivity index (χ0v) is 11.1. The highest BCUT2D eigenvalue weighted by atomic mass is 16.5. The molecule has 4 rings (SSSR count). The first kappa shape index (κ1) is 11.7. The Labute approximate surface area is 115 Å². The van der Waals surface area contributed by atoms with Crippen LogP contribution in [0.1, 0.15) is 23.9 Å². The van der Waals surface area contributed by atoms with E-state index in [1.807, 2.05) is 31.2 Å². The summed E-state index contributed by atoms with van der Waals surface area (Å²) in [7, 11) is 0. The van der Waals surface area contributed by atoms with Gasteiger partial charge in [-0.3, -0.25) is 0 Å². The number of nitrogens with zero attached hydrogens (tertiary/aromatic N) is 2. The molecular formula is C15H14N2O3. The second-order valence-corrected chi connectivity index (χ2v) is 5.13. The van der Waals surface area contributed by atoms with Crippen LogP contribution in [0.3, 0.4) is 0 Å². The molecule has 5 heteroatoms. The van der Waals surface area contributed by atoms with Gasteiger partial charge in [0.05, 0.1) is 6.61 Å². The van der Waals surface area contributed by atoms with E-state index >= 15 is 0 Å². The number of aryl methyl sites for hydroxylation is 1. The van der Waals surface area contributed by atoms with Crippen molar-refractivity contribution in [3.05, 3.63) is 35.9 Å². The van der Waals surface area contributed by atoms with E-state index < -0.39 is 0 Å². The highest BCUT2D eigenvalue weighted by Crippen LogP contribution is 2.28. The summed E-state index contributed by atoms with van der Waals surface area (Å²) in [6.07, 6.45) is 0.957. The van der Waals surface area contributed by atoms with Crippen LogP contribution in [0, 0.1) is 6.92 Å². The lowest BCUT2D eigenvalue weighted by molar-refractivity contribution is 0.192. The van der Waals surface area contributed by atoms with Crippen LogP contribution in [-0.4, -0.2) is 23.4 Å². The predicted molar refractivity (Wildman–Crippen MR) is 72.4 cm³/mol. The van der Waals surface area contributed by atoms with Crippen LogP contribution in [0.25, 0.3) is 22.4 Å². The van der Waals surface area contributed by atoms with Gasteiger partial charge in [0.15, 0.2) is 5.82 Å². The van der Waals surface area contributed by atoms with E-state index in [2.05, 4.69) is 10.1 Å². The molecule has 5 nitrogen and oxygen atoms in total. The van der Waals surface area contributed by atoms with Crippen molar-refractivity contribution < 1.29 is 13.7 Å². The lowest BCUT2D eigenvalue weighted by Crippen LogP contribution is -1.99. The Hall–Kier alpha value is -2.14. The van der Waals surface area contributed by atoms with Gasteiger partial charge in [-0.2, -0.15) is 4.98 Å². The number of benzene rings is 1. The van der Waals surface area contributed by atoms with E-state index in [0.717, 1.165) is 41.1 Å². The fourth-order valence-electron chi connectivity index (χ4n) is 2.57. The molecule has 102 valence electrons. The van der Waals surface area contributed by atoms with Crippen molar-refractivity contribution in [3.63, 3.8) is 0 Å². The van der Waals surface area contributed by atoms with Crippen LogP contribution in [0.15, 0.2) is 33.2 Å². The highest BCUT2D eigenvalue weighted by molar-refractivity contribution is 5.82. The van der Waals surface area contributed by atoms with E-state index in [1.54, 1.807) is 0 Å². The zero-order valence-electron chi connectivity index (χ0n) is 11.1. The van der Waals surface area contributed by atoms with E-state index in [-0.39, 0.29) is 5.92 Å². The number of fused-ring (bicyclic) bond motifs is 1. The average Bonchev–Trinajstić information content (AvgIpc) is 3.17. The molecule has 20 heavy (non-hydrogen) atoms. The maximum atomic E-state index is 5.56. The van der Waals surface area contributed by atoms with Crippen molar-refractivity contribution in [2.24, 2.45) is 0 Å². The summed E-state index contributed by atoms with van der Waals surface area (Å²) in [4.78, 5) is 4.49. The van der Waals surface area contributed by atoms with Crippen molar-refractivity contribution in [1.29, 1.82) is 0 Å². The van der Waals surface area contributed by atoms with Gasteiger partial charge in [0.2, 0.25) is 0 Å². The smallest absolute Gasteiger partial charge is 0.257 e. The van der Waals surface area contributed by atoms with Gasteiger partial charge in [-0.15, -0.1) is 0 Å². The average molecular weight is 270 g/mol. The number of rotatable bonds is 2. The first-order chi connectivity index (χ1) is 9.79. The summed E-state index contributed by atoms with van der Waals surface area (Å²) >= 11 is 0. The Morgan fingerprint density at radius 2 is 2.20 bits per heavy atom. The summed E-state index contributed by atoms with van der Waals surface area (Å²) in [5, 5.41) is 5.12. The van der Waals surface area contributed by atoms with Crippen molar-refractivity contribution in [3.8, 4) is 11.5 Å². The quantitative estimate of drug-likeness (QED) is 0.715. The number of ether oxygens (including phenoxy) is 1. The molecule has 0 radical (unpaired) electrons. The molecule has 0 spiro atoms.